The minimum Gasteiger partial charge on any atom is -0.494 e. The van der Waals surface area contributed by atoms with Gasteiger partial charge in [0.2, 0.25) is 0 Å². The summed E-state index contributed by atoms with van der Waals surface area (Å²) in [4.78, 5) is 34.6. The number of anilines is 1. The first-order valence-corrected chi connectivity index (χ1v) is 8.88. The highest BCUT2D eigenvalue weighted by molar-refractivity contribution is 5.96. The molecule has 0 atom stereocenters. The third-order valence-corrected chi connectivity index (χ3v) is 3.89. The van der Waals surface area contributed by atoms with Crippen molar-refractivity contribution in [2.75, 3.05) is 25.6 Å². The zero-order valence-electron chi connectivity index (χ0n) is 16.4. The molecule has 1 N–H and O–H groups in total. The van der Waals surface area contributed by atoms with Gasteiger partial charge in [-0.1, -0.05) is 6.92 Å². The number of carbonyl (C=O) groups excluding carboxylic acids is 2. The summed E-state index contributed by atoms with van der Waals surface area (Å²) in [7, 11) is 1.30. The van der Waals surface area contributed by atoms with Gasteiger partial charge in [-0.15, -0.1) is 0 Å². The minimum atomic E-state index is -0.653. The van der Waals surface area contributed by atoms with E-state index in [9.17, 15) is 19.7 Å². The van der Waals surface area contributed by atoms with Gasteiger partial charge >= 0.3 is 11.7 Å². The lowest BCUT2D eigenvalue weighted by molar-refractivity contribution is -0.385. The molecular formula is C20H22N2O7. The summed E-state index contributed by atoms with van der Waals surface area (Å²) < 4.78 is 15.4. The first kappa shape index (κ1) is 21.7. The van der Waals surface area contributed by atoms with Crippen molar-refractivity contribution in [2.45, 2.75) is 20.3 Å². The van der Waals surface area contributed by atoms with Gasteiger partial charge < -0.3 is 19.5 Å². The normalized spacial score (nSPS) is 10.2. The molecule has 2 aromatic rings. The Morgan fingerprint density at radius 1 is 1.17 bits per heavy atom. The topological polar surface area (TPSA) is 117 Å². The summed E-state index contributed by atoms with van der Waals surface area (Å²) >= 11 is 0. The van der Waals surface area contributed by atoms with Crippen LogP contribution in [0.5, 0.6) is 11.5 Å². The molecule has 0 radical (unpaired) electrons. The molecule has 9 nitrogen and oxygen atoms in total. The Kier molecular flexibility index (Phi) is 7.53. The number of carbonyl (C=O) groups is 2. The van der Waals surface area contributed by atoms with E-state index in [1.807, 2.05) is 6.92 Å². The number of hydrogen-bond donors (Lipinski definition) is 1. The van der Waals surface area contributed by atoms with Crippen LogP contribution in [0.1, 0.15) is 29.3 Å². The second kappa shape index (κ2) is 10.1. The second-order valence-corrected chi connectivity index (χ2v) is 6.09. The van der Waals surface area contributed by atoms with Crippen LogP contribution in [0, 0.1) is 17.0 Å². The number of nitrogens with one attached hydrogen (secondary N) is 1. The molecule has 2 rings (SSSR count). The molecule has 154 valence electrons. The lowest BCUT2D eigenvalue weighted by Crippen LogP contribution is -2.21. The van der Waals surface area contributed by atoms with E-state index >= 15 is 0 Å². The Morgan fingerprint density at radius 2 is 1.86 bits per heavy atom. The lowest BCUT2D eigenvalue weighted by atomic mass is 10.1. The monoisotopic (exact) mass is 402 g/mol. The molecule has 0 spiro atoms. The quantitative estimate of drug-likeness (QED) is 0.387. The number of nitrogens with zero attached hydrogens (tertiary/aromatic N) is 1. The Balaban J connectivity index is 1.96. The summed E-state index contributed by atoms with van der Waals surface area (Å²) in [5, 5.41) is 13.6. The fraction of sp³-hybridized carbons (Fsp3) is 0.300. The Morgan fingerprint density at radius 3 is 2.45 bits per heavy atom. The van der Waals surface area contributed by atoms with E-state index in [0.717, 1.165) is 6.42 Å². The fourth-order valence-electron chi connectivity index (χ4n) is 2.42. The summed E-state index contributed by atoms with van der Waals surface area (Å²) in [6.45, 7) is 3.67. The zero-order chi connectivity index (χ0) is 21.4. The van der Waals surface area contributed by atoms with Crippen LogP contribution >= 0.6 is 0 Å². The average molecular weight is 402 g/mol. The van der Waals surface area contributed by atoms with Crippen LogP contribution in [0.2, 0.25) is 0 Å². The maximum atomic E-state index is 12.1. The summed E-state index contributed by atoms with van der Waals surface area (Å²) in [6.07, 6.45) is 0.874. The fourth-order valence-corrected chi connectivity index (χ4v) is 2.42. The Bertz CT molecular complexity index is 894. The van der Waals surface area contributed by atoms with Gasteiger partial charge in [0, 0.05) is 17.8 Å². The zero-order valence-corrected chi connectivity index (χ0v) is 16.4. The maximum absolute atomic E-state index is 12.1. The van der Waals surface area contributed by atoms with Crippen LogP contribution in [0.15, 0.2) is 36.4 Å². The Hall–Kier alpha value is -3.62. The highest BCUT2D eigenvalue weighted by Crippen LogP contribution is 2.32. The van der Waals surface area contributed by atoms with Crippen LogP contribution in [0.3, 0.4) is 0 Å². The van der Waals surface area contributed by atoms with Crippen molar-refractivity contribution in [3.63, 3.8) is 0 Å². The maximum Gasteiger partial charge on any atom is 0.338 e. The molecule has 9 heteroatoms. The molecule has 0 aliphatic carbocycles. The largest absolute Gasteiger partial charge is 0.494 e. The van der Waals surface area contributed by atoms with E-state index in [4.69, 9.17) is 14.2 Å². The van der Waals surface area contributed by atoms with E-state index < -0.39 is 23.4 Å². The van der Waals surface area contributed by atoms with Crippen molar-refractivity contribution in [2.24, 2.45) is 0 Å². The molecular weight excluding hydrogens is 380 g/mol. The smallest absolute Gasteiger partial charge is 0.338 e. The second-order valence-electron chi connectivity index (χ2n) is 6.09. The number of nitro groups is 1. The molecule has 0 heterocycles. The lowest BCUT2D eigenvalue weighted by Gasteiger charge is -2.11. The van der Waals surface area contributed by atoms with Crippen molar-refractivity contribution in [1.29, 1.82) is 0 Å². The van der Waals surface area contributed by atoms with E-state index in [0.29, 0.717) is 23.6 Å². The number of amides is 1. The van der Waals surface area contributed by atoms with Crippen LogP contribution < -0.4 is 14.8 Å². The standard InChI is InChI=1S/C20H22N2O7/c1-4-9-28-15-7-5-14(6-8-15)20(24)29-12-19(23)21-16-11-18(27-3)17(22(25)26)10-13(16)2/h5-8,10-11H,4,9,12H2,1-3H3,(H,21,23). The van der Waals surface area contributed by atoms with E-state index in [1.54, 1.807) is 31.2 Å². The van der Waals surface area contributed by atoms with Gasteiger partial charge in [0.15, 0.2) is 12.4 Å². The molecule has 0 aliphatic rings. The first-order chi connectivity index (χ1) is 13.8. The van der Waals surface area contributed by atoms with Gasteiger partial charge in [-0.25, -0.2) is 4.79 Å². The van der Waals surface area contributed by atoms with Gasteiger partial charge in [0.05, 0.1) is 24.2 Å². The van der Waals surface area contributed by atoms with Gasteiger partial charge in [0.25, 0.3) is 5.91 Å². The van der Waals surface area contributed by atoms with Gasteiger partial charge in [0.1, 0.15) is 5.75 Å². The van der Waals surface area contributed by atoms with E-state index in [1.165, 1.54) is 19.2 Å². The number of aryl methyl sites for hydroxylation is 1. The molecule has 0 aliphatic heterocycles. The van der Waals surface area contributed by atoms with Crippen LogP contribution in [-0.4, -0.2) is 37.1 Å². The molecule has 2 aromatic carbocycles. The molecule has 0 fully saturated rings. The SMILES string of the molecule is CCCOc1ccc(C(=O)OCC(=O)Nc2cc(OC)c([N+](=O)[O-])cc2C)cc1. The van der Waals surface area contributed by atoms with E-state index in [2.05, 4.69) is 5.32 Å². The number of rotatable bonds is 9. The number of benzene rings is 2. The average Bonchev–Trinajstić information content (AvgIpc) is 2.71. The predicted molar refractivity (Wildman–Crippen MR) is 106 cm³/mol. The number of hydrogen-bond acceptors (Lipinski definition) is 7. The summed E-state index contributed by atoms with van der Waals surface area (Å²) in [6, 6.07) is 9.05. The molecule has 0 saturated carbocycles. The molecule has 1 amide bonds. The van der Waals surface area contributed by atoms with Crippen LogP contribution in [-0.2, 0) is 9.53 Å². The van der Waals surface area contributed by atoms with Gasteiger partial charge in [-0.3, -0.25) is 14.9 Å². The van der Waals surface area contributed by atoms with Crippen molar-refractivity contribution < 1.29 is 28.7 Å². The highest BCUT2D eigenvalue weighted by Gasteiger charge is 2.19. The molecule has 0 unspecified atom stereocenters. The van der Waals surface area contributed by atoms with Gasteiger partial charge in [-0.2, -0.15) is 0 Å². The number of esters is 1. The van der Waals surface area contributed by atoms with Crippen LogP contribution in [0.4, 0.5) is 11.4 Å². The predicted octanol–water partition coefficient (Wildman–Crippen LogP) is 3.50. The number of ether oxygens (including phenoxy) is 3. The molecule has 0 aromatic heterocycles. The molecule has 0 saturated heterocycles. The van der Waals surface area contributed by atoms with Gasteiger partial charge in [-0.05, 0) is 43.2 Å². The van der Waals surface area contributed by atoms with Crippen LogP contribution in [0.25, 0.3) is 0 Å². The van der Waals surface area contributed by atoms with Crippen molar-refractivity contribution in [1.82, 2.24) is 0 Å². The molecule has 29 heavy (non-hydrogen) atoms. The number of nitro benzene ring substituents is 1. The Labute approximate surface area is 167 Å². The molecule has 0 bridgehead atoms. The minimum absolute atomic E-state index is 0.0123. The summed E-state index contributed by atoms with van der Waals surface area (Å²) in [5.41, 5.74) is 0.876. The third kappa shape index (κ3) is 5.93. The van der Waals surface area contributed by atoms with Crippen molar-refractivity contribution >= 4 is 23.3 Å². The summed E-state index contributed by atoms with van der Waals surface area (Å²) in [5.74, 6) is -0.581. The van der Waals surface area contributed by atoms with Crippen molar-refractivity contribution in [3.8, 4) is 11.5 Å². The van der Waals surface area contributed by atoms with E-state index in [-0.39, 0.29) is 17.0 Å². The number of methoxy groups -OCH3 is 1. The first-order valence-electron chi connectivity index (χ1n) is 8.88. The third-order valence-electron chi connectivity index (χ3n) is 3.89. The van der Waals surface area contributed by atoms with Crippen molar-refractivity contribution in [3.05, 3.63) is 57.6 Å². The highest BCUT2D eigenvalue weighted by atomic mass is 16.6.